The van der Waals surface area contributed by atoms with Gasteiger partial charge in [0.1, 0.15) is 0 Å². The number of rotatable bonds is 20. The fraction of sp³-hybridized carbons (Fsp3) is 0.714. The van der Waals surface area contributed by atoms with E-state index in [0.717, 1.165) is 25.7 Å². The van der Waals surface area contributed by atoms with Crippen molar-refractivity contribution in [3.8, 4) is 0 Å². The molecule has 0 fully saturated rings. The van der Waals surface area contributed by atoms with Gasteiger partial charge < -0.3 is 37.9 Å². The van der Waals surface area contributed by atoms with Gasteiger partial charge in [-0.3, -0.25) is 0 Å². The van der Waals surface area contributed by atoms with Crippen molar-refractivity contribution in [3.05, 3.63) is 35.4 Å². The van der Waals surface area contributed by atoms with E-state index in [1.807, 2.05) is 0 Å². The molecule has 0 heterocycles. The summed E-state index contributed by atoms with van der Waals surface area (Å²) in [6.45, 7) is 15.4. The molecule has 1 rings (SSSR count). The smallest absolute Gasteiger partial charge is 0.340 e. The number of unbranched alkanes of at least 4 members (excludes halogenated alkanes) is 2. The number of benzene rings is 1. The SMILES string of the molecule is CCCCOC(C)OC(C)OC(C)OC(=O)c1cccc(C(=O)OC(C)OC(C)OC(C)OCCCC)c1. The first kappa shape index (κ1) is 33.9. The van der Waals surface area contributed by atoms with Crippen molar-refractivity contribution < 1.29 is 47.5 Å². The van der Waals surface area contributed by atoms with E-state index in [4.69, 9.17) is 37.9 Å². The third-order valence-electron chi connectivity index (χ3n) is 5.11. The van der Waals surface area contributed by atoms with E-state index >= 15 is 0 Å². The van der Waals surface area contributed by atoms with Gasteiger partial charge in [0.2, 0.25) is 12.6 Å². The minimum absolute atomic E-state index is 0.170. The van der Waals surface area contributed by atoms with Gasteiger partial charge in [-0.1, -0.05) is 32.8 Å². The second kappa shape index (κ2) is 19.1. The number of hydrogen-bond donors (Lipinski definition) is 0. The Morgan fingerprint density at radius 3 is 1.34 bits per heavy atom. The highest BCUT2D eigenvalue weighted by molar-refractivity contribution is 5.95. The minimum Gasteiger partial charge on any atom is -0.432 e. The van der Waals surface area contributed by atoms with E-state index < -0.39 is 49.7 Å². The van der Waals surface area contributed by atoms with Crippen LogP contribution in [-0.2, 0) is 37.9 Å². The van der Waals surface area contributed by atoms with Crippen LogP contribution >= 0.6 is 0 Å². The molecule has 0 aliphatic carbocycles. The predicted octanol–water partition coefficient (Wildman–Crippen LogP) is 5.78. The minimum atomic E-state index is -0.890. The molecule has 0 amide bonds. The first-order valence-corrected chi connectivity index (χ1v) is 13.4. The molecule has 0 aliphatic rings. The normalized spacial score (nSPS) is 16.2. The molecule has 38 heavy (non-hydrogen) atoms. The molecule has 10 heteroatoms. The van der Waals surface area contributed by atoms with E-state index in [-0.39, 0.29) is 11.1 Å². The molecule has 6 unspecified atom stereocenters. The zero-order valence-corrected chi connectivity index (χ0v) is 24.1. The molecule has 0 saturated carbocycles. The van der Waals surface area contributed by atoms with Crippen LogP contribution < -0.4 is 0 Å². The van der Waals surface area contributed by atoms with Crippen LogP contribution in [0.15, 0.2) is 24.3 Å². The summed E-state index contributed by atoms with van der Waals surface area (Å²) in [6.07, 6.45) is -0.0628. The van der Waals surface area contributed by atoms with E-state index in [2.05, 4.69) is 13.8 Å². The van der Waals surface area contributed by atoms with Gasteiger partial charge in [0.25, 0.3) is 0 Å². The molecule has 1 aromatic carbocycles. The van der Waals surface area contributed by atoms with Crippen LogP contribution in [0.3, 0.4) is 0 Å². The Kier molecular flexibility index (Phi) is 17.0. The predicted molar refractivity (Wildman–Crippen MR) is 140 cm³/mol. The fourth-order valence-electron chi connectivity index (χ4n) is 3.28. The zero-order valence-electron chi connectivity index (χ0n) is 24.1. The third kappa shape index (κ3) is 14.8. The highest BCUT2D eigenvalue weighted by Crippen LogP contribution is 2.14. The standard InChI is InChI=1S/C28H46O10/c1-9-11-16-31-19(3)33-21(5)35-23(7)37-27(29)25-14-13-15-26(18-25)28(30)38-24(8)36-22(6)34-20(4)32-17-12-10-2/h13-15,18-24H,9-12,16-17H2,1-8H3. The summed E-state index contributed by atoms with van der Waals surface area (Å²) >= 11 is 0. The van der Waals surface area contributed by atoms with Crippen molar-refractivity contribution in [2.24, 2.45) is 0 Å². The molecule has 218 valence electrons. The molecule has 0 radical (unpaired) electrons. The van der Waals surface area contributed by atoms with Crippen molar-refractivity contribution in [1.82, 2.24) is 0 Å². The van der Waals surface area contributed by atoms with Crippen LogP contribution in [-0.4, -0.2) is 62.9 Å². The lowest BCUT2D eigenvalue weighted by Gasteiger charge is -2.23. The Labute approximate surface area is 227 Å². The maximum absolute atomic E-state index is 12.6. The van der Waals surface area contributed by atoms with Gasteiger partial charge in [-0.15, -0.1) is 0 Å². The van der Waals surface area contributed by atoms with E-state index in [1.165, 1.54) is 18.2 Å². The first-order valence-electron chi connectivity index (χ1n) is 13.4. The summed E-state index contributed by atoms with van der Waals surface area (Å²) in [6, 6.07) is 6.01. The molecule has 0 saturated heterocycles. The Balaban J connectivity index is 2.52. The van der Waals surface area contributed by atoms with E-state index in [9.17, 15) is 9.59 Å². The summed E-state index contributed by atoms with van der Waals surface area (Å²) in [4.78, 5) is 25.2. The second-order valence-corrected chi connectivity index (χ2v) is 8.79. The first-order chi connectivity index (χ1) is 18.0. The number of carbonyl (C=O) groups is 2. The number of ether oxygens (including phenoxy) is 8. The topological polar surface area (TPSA) is 108 Å². The number of hydrogen-bond acceptors (Lipinski definition) is 10. The maximum atomic E-state index is 12.6. The van der Waals surface area contributed by atoms with Crippen LogP contribution in [0.25, 0.3) is 0 Å². The molecular weight excluding hydrogens is 496 g/mol. The van der Waals surface area contributed by atoms with Gasteiger partial charge in [-0.05, 0) is 72.6 Å². The molecule has 0 aromatic heterocycles. The molecule has 0 spiro atoms. The number of carbonyl (C=O) groups excluding carboxylic acids is 2. The Morgan fingerprint density at radius 1 is 0.605 bits per heavy atom. The van der Waals surface area contributed by atoms with Crippen molar-refractivity contribution in [3.63, 3.8) is 0 Å². The second-order valence-electron chi connectivity index (χ2n) is 8.79. The summed E-state index contributed by atoms with van der Waals surface area (Å²) in [5.41, 5.74) is 0.339. The Bertz CT molecular complexity index is 740. The van der Waals surface area contributed by atoms with Gasteiger partial charge in [0, 0.05) is 13.2 Å². The van der Waals surface area contributed by atoms with Gasteiger partial charge >= 0.3 is 11.9 Å². The Hall–Kier alpha value is -2.08. The summed E-state index contributed by atoms with van der Waals surface area (Å²) in [7, 11) is 0. The highest BCUT2D eigenvalue weighted by atomic mass is 16.8. The van der Waals surface area contributed by atoms with Crippen LogP contribution in [0.5, 0.6) is 0 Å². The Morgan fingerprint density at radius 2 is 0.974 bits per heavy atom. The largest absolute Gasteiger partial charge is 0.432 e. The zero-order chi connectivity index (χ0) is 28.5. The quantitative estimate of drug-likeness (QED) is 0.114. The van der Waals surface area contributed by atoms with Crippen molar-refractivity contribution >= 4 is 11.9 Å². The van der Waals surface area contributed by atoms with Crippen molar-refractivity contribution in [2.45, 2.75) is 119 Å². The summed E-state index contributed by atoms with van der Waals surface area (Å²) in [5.74, 6) is -1.31. The monoisotopic (exact) mass is 542 g/mol. The summed E-state index contributed by atoms with van der Waals surface area (Å²) in [5, 5.41) is 0. The lowest BCUT2D eigenvalue weighted by molar-refractivity contribution is -0.270. The maximum Gasteiger partial charge on any atom is 0.340 e. The van der Waals surface area contributed by atoms with Gasteiger partial charge in [-0.2, -0.15) is 0 Å². The van der Waals surface area contributed by atoms with Gasteiger partial charge in [-0.25, -0.2) is 9.59 Å². The van der Waals surface area contributed by atoms with E-state index in [1.54, 1.807) is 47.6 Å². The molecule has 10 nitrogen and oxygen atoms in total. The van der Waals surface area contributed by atoms with Crippen LogP contribution in [0.1, 0.15) is 102 Å². The van der Waals surface area contributed by atoms with Crippen LogP contribution in [0.2, 0.25) is 0 Å². The average molecular weight is 543 g/mol. The third-order valence-corrected chi connectivity index (χ3v) is 5.11. The lowest BCUT2D eigenvalue weighted by atomic mass is 10.1. The molecule has 6 atom stereocenters. The fourth-order valence-corrected chi connectivity index (χ4v) is 3.28. The molecule has 0 N–H and O–H groups in total. The average Bonchev–Trinajstić information content (AvgIpc) is 2.83. The summed E-state index contributed by atoms with van der Waals surface area (Å²) < 4.78 is 44.0. The van der Waals surface area contributed by atoms with Gasteiger partial charge in [0.05, 0.1) is 11.1 Å². The molecule has 0 aliphatic heterocycles. The molecule has 1 aromatic rings. The van der Waals surface area contributed by atoms with Crippen LogP contribution in [0, 0.1) is 0 Å². The molecule has 0 bridgehead atoms. The van der Waals surface area contributed by atoms with Gasteiger partial charge in [0.15, 0.2) is 25.2 Å². The highest BCUT2D eigenvalue weighted by Gasteiger charge is 2.20. The van der Waals surface area contributed by atoms with Crippen molar-refractivity contribution in [1.29, 1.82) is 0 Å². The van der Waals surface area contributed by atoms with Crippen molar-refractivity contribution in [2.75, 3.05) is 13.2 Å². The number of esters is 2. The van der Waals surface area contributed by atoms with E-state index in [0.29, 0.717) is 13.2 Å². The lowest BCUT2D eigenvalue weighted by Crippen LogP contribution is -2.29. The molecular formula is C28H46O10. The van der Waals surface area contributed by atoms with Crippen LogP contribution in [0.4, 0.5) is 0 Å².